The molecule has 0 bridgehead atoms. The minimum Gasteiger partial charge on any atom is -0.496 e. The lowest BCUT2D eigenvalue weighted by Crippen LogP contribution is -2.35. The fourth-order valence-corrected chi connectivity index (χ4v) is 3.17. The SMILES string of the molecule is COc1cccc(F)c1C(N)CCN1CCCCCC1C. The summed E-state index contributed by atoms with van der Waals surface area (Å²) < 4.78 is 19.3. The highest BCUT2D eigenvalue weighted by atomic mass is 19.1. The van der Waals surface area contributed by atoms with Crippen LogP contribution in [0.4, 0.5) is 4.39 Å². The largest absolute Gasteiger partial charge is 0.496 e. The molecule has 0 amide bonds. The summed E-state index contributed by atoms with van der Waals surface area (Å²) in [5, 5.41) is 0. The van der Waals surface area contributed by atoms with Gasteiger partial charge >= 0.3 is 0 Å². The van der Waals surface area contributed by atoms with E-state index in [1.165, 1.54) is 31.7 Å². The number of nitrogens with two attached hydrogens (primary N) is 1. The first-order valence-corrected chi connectivity index (χ1v) is 7.95. The van der Waals surface area contributed by atoms with E-state index in [0.29, 0.717) is 17.4 Å². The Bertz CT molecular complexity index is 452. The number of ether oxygens (including phenoxy) is 1. The van der Waals surface area contributed by atoms with Gasteiger partial charge in [0.2, 0.25) is 0 Å². The van der Waals surface area contributed by atoms with Crippen molar-refractivity contribution < 1.29 is 9.13 Å². The van der Waals surface area contributed by atoms with Gasteiger partial charge in [0.1, 0.15) is 11.6 Å². The first-order valence-electron chi connectivity index (χ1n) is 7.95. The molecule has 0 aliphatic carbocycles. The predicted molar refractivity (Wildman–Crippen MR) is 84.0 cm³/mol. The summed E-state index contributed by atoms with van der Waals surface area (Å²) in [6.45, 7) is 4.32. The van der Waals surface area contributed by atoms with Crippen LogP contribution < -0.4 is 10.5 Å². The minimum absolute atomic E-state index is 0.272. The fraction of sp³-hybridized carbons (Fsp3) is 0.647. The lowest BCUT2D eigenvalue weighted by Gasteiger charge is -2.28. The van der Waals surface area contributed by atoms with Crippen molar-refractivity contribution in [3.8, 4) is 5.75 Å². The maximum absolute atomic E-state index is 14.0. The highest BCUT2D eigenvalue weighted by Crippen LogP contribution is 2.29. The second kappa shape index (κ2) is 7.76. The van der Waals surface area contributed by atoms with Gasteiger partial charge in [0.15, 0.2) is 0 Å². The Balaban J connectivity index is 1.99. The Morgan fingerprint density at radius 1 is 1.38 bits per heavy atom. The third-order valence-electron chi connectivity index (χ3n) is 4.52. The smallest absolute Gasteiger partial charge is 0.131 e. The van der Waals surface area contributed by atoms with Crippen LogP contribution in [0.25, 0.3) is 0 Å². The number of hydrogen-bond donors (Lipinski definition) is 1. The molecule has 1 aliphatic heterocycles. The molecule has 2 N–H and O–H groups in total. The van der Waals surface area contributed by atoms with E-state index in [1.54, 1.807) is 19.2 Å². The maximum Gasteiger partial charge on any atom is 0.131 e. The van der Waals surface area contributed by atoms with Gasteiger partial charge in [-0.3, -0.25) is 0 Å². The monoisotopic (exact) mass is 294 g/mol. The van der Waals surface area contributed by atoms with E-state index in [9.17, 15) is 4.39 Å². The van der Waals surface area contributed by atoms with Crippen LogP contribution in [0.3, 0.4) is 0 Å². The van der Waals surface area contributed by atoms with Gasteiger partial charge in [-0.25, -0.2) is 4.39 Å². The van der Waals surface area contributed by atoms with Gasteiger partial charge in [0, 0.05) is 24.2 Å². The number of halogens is 1. The lowest BCUT2D eigenvalue weighted by atomic mass is 10.0. The number of methoxy groups -OCH3 is 1. The summed E-state index contributed by atoms with van der Waals surface area (Å²) in [5.74, 6) is 0.275. The molecule has 1 aromatic carbocycles. The van der Waals surface area contributed by atoms with E-state index in [-0.39, 0.29) is 11.9 Å². The molecule has 0 saturated carbocycles. The molecule has 2 rings (SSSR count). The molecule has 1 aromatic rings. The van der Waals surface area contributed by atoms with Gasteiger partial charge in [-0.2, -0.15) is 0 Å². The third kappa shape index (κ3) is 4.17. The molecule has 0 spiro atoms. The van der Waals surface area contributed by atoms with Crippen molar-refractivity contribution in [2.75, 3.05) is 20.2 Å². The molecule has 21 heavy (non-hydrogen) atoms. The molecule has 3 nitrogen and oxygen atoms in total. The molecule has 1 fully saturated rings. The van der Waals surface area contributed by atoms with E-state index in [0.717, 1.165) is 19.5 Å². The summed E-state index contributed by atoms with van der Waals surface area (Å²) in [5.41, 5.74) is 6.73. The van der Waals surface area contributed by atoms with Crippen LogP contribution in [0, 0.1) is 5.82 Å². The quantitative estimate of drug-likeness (QED) is 0.903. The molecule has 1 heterocycles. The molecule has 4 heteroatoms. The highest BCUT2D eigenvalue weighted by molar-refractivity contribution is 5.37. The average Bonchev–Trinajstić information content (AvgIpc) is 2.69. The van der Waals surface area contributed by atoms with Crippen molar-refractivity contribution in [3.63, 3.8) is 0 Å². The van der Waals surface area contributed by atoms with Crippen LogP contribution in [-0.2, 0) is 0 Å². The van der Waals surface area contributed by atoms with Gasteiger partial charge in [0.05, 0.1) is 7.11 Å². The van der Waals surface area contributed by atoms with Crippen LogP contribution in [0.15, 0.2) is 18.2 Å². The van der Waals surface area contributed by atoms with Crippen molar-refractivity contribution in [3.05, 3.63) is 29.6 Å². The maximum atomic E-state index is 14.0. The van der Waals surface area contributed by atoms with Gasteiger partial charge in [-0.15, -0.1) is 0 Å². The number of hydrogen-bond acceptors (Lipinski definition) is 3. The third-order valence-corrected chi connectivity index (χ3v) is 4.52. The zero-order valence-electron chi connectivity index (χ0n) is 13.1. The first kappa shape index (κ1) is 16.2. The molecule has 118 valence electrons. The number of rotatable bonds is 5. The van der Waals surface area contributed by atoms with Crippen molar-refractivity contribution in [1.29, 1.82) is 0 Å². The Labute approximate surface area is 127 Å². The lowest BCUT2D eigenvalue weighted by molar-refractivity contribution is 0.205. The van der Waals surface area contributed by atoms with E-state index in [1.807, 2.05) is 0 Å². The second-order valence-electron chi connectivity index (χ2n) is 5.99. The Kier molecular flexibility index (Phi) is 6.00. The molecule has 1 aliphatic rings. The molecule has 0 aromatic heterocycles. The molecular weight excluding hydrogens is 267 g/mol. The standard InChI is InChI=1S/C17H27FN2O/c1-13-7-4-3-5-11-20(13)12-10-15(19)17-14(18)8-6-9-16(17)21-2/h6,8-9,13,15H,3-5,7,10-12,19H2,1-2H3. The summed E-state index contributed by atoms with van der Waals surface area (Å²) in [6, 6.07) is 5.15. The summed E-state index contributed by atoms with van der Waals surface area (Å²) in [7, 11) is 1.56. The Morgan fingerprint density at radius 3 is 2.95 bits per heavy atom. The predicted octanol–water partition coefficient (Wildman–Crippen LogP) is 3.49. The van der Waals surface area contributed by atoms with Gasteiger partial charge in [0.25, 0.3) is 0 Å². The van der Waals surface area contributed by atoms with E-state index >= 15 is 0 Å². The second-order valence-corrected chi connectivity index (χ2v) is 5.99. The Morgan fingerprint density at radius 2 is 2.19 bits per heavy atom. The van der Waals surface area contributed by atoms with E-state index in [2.05, 4.69) is 11.8 Å². The molecular formula is C17H27FN2O. The first-order chi connectivity index (χ1) is 10.1. The topological polar surface area (TPSA) is 38.5 Å². The molecule has 2 unspecified atom stereocenters. The summed E-state index contributed by atoms with van der Waals surface area (Å²) in [4.78, 5) is 2.49. The normalized spacial score (nSPS) is 21.8. The van der Waals surface area contributed by atoms with Crippen molar-refractivity contribution in [2.45, 2.75) is 51.1 Å². The fourth-order valence-electron chi connectivity index (χ4n) is 3.17. The van der Waals surface area contributed by atoms with Crippen molar-refractivity contribution in [1.82, 2.24) is 4.90 Å². The molecule has 2 atom stereocenters. The van der Waals surface area contributed by atoms with Crippen LogP contribution in [0.1, 0.15) is 50.6 Å². The summed E-state index contributed by atoms with van der Waals surface area (Å²) >= 11 is 0. The van der Waals surface area contributed by atoms with Crippen LogP contribution in [0.2, 0.25) is 0 Å². The van der Waals surface area contributed by atoms with E-state index < -0.39 is 0 Å². The minimum atomic E-state index is -0.323. The van der Waals surface area contributed by atoms with Crippen LogP contribution in [0.5, 0.6) is 5.75 Å². The zero-order valence-corrected chi connectivity index (χ0v) is 13.1. The van der Waals surface area contributed by atoms with Gasteiger partial charge in [-0.05, 0) is 44.9 Å². The van der Waals surface area contributed by atoms with E-state index in [4.69, 9.17) is 10.5 Å². The number of likely N-dealkylation sites (tertiary alicyclic amines) is 1. The number of nitrogens with zero attached hydrogens (tertiary/aromatic N) is 1. The molecule has 0 radical (unpaired) electrons. The number of benzene rings is 1. The molecule has 1 saturated heterocycles. The highest BCUT2D eigenvalue weighted by Gasteiger charge is 2.21. The zero-order chi connectivity index (χ0) is 15.2. The van der Waals surface area contributed by atoms with Crippen LogP contribution in [-0.4, -0.2) is 31.1 Å². The van der Waals surface area contributed by atoms with Gasteiger partial charge in [-0.1, -0.05) is 18.9 Å². The van der Waals surface area contributed by atoms with Crippen molar-refractivity contribution >= 4 is 0 Å². The van der Waals surface area contributed by atoms with Crippen molar-refractivity contribution in [2.24, 2.45) is 5.73 Å². The van der Waals surface area contributed by atoms with Crippen LogP contribution >= 0.6 is 0 Å². The Hall–Kier alpha value is -1.13. The van der Waals surface area contributed by atoms with Gasteiger partial charge < -0.3 is 15.4 Å². The average molecular weight is 294 g/mol. The summed E-state index contributed by atoms with van der Waals surface area (Å²) in [6.07, 6.45) is 5.88.